The summed E-state index contributed by atoms with van der Waals surface area (Å²) in [5.41, 5.74) is 0.425. The van der Waals surface area contributed by atoms with Crippen molar-refractivity contribution in [2.45, 2.75) is 12.0 Å². The van der Waals surface area contributed by atoms with Crippen molar-refractivity contribution in [3.8, 4) is 5.88 Å². The number of hydrogen-bond donors (Lipinski definition) is 1. The lowest BCUT2D eigenvalue weighted by molar-refractivity contribution is 0.0461. The maximum absolute atomic E-state index is 6.13. The molecule has 4 rings (SSSR count). The van der Waals surface area contributed by atoms with Crippen molar-refractivity contribution in [1.29, 1.82) is 0 Å². The Hall–Kier alpha value is -2.19. The topological polar surface area (TPSA) is 82.7 Å². The van der Waals surface area contributed by atoms with Crippen molar-refractivity contribution in [3.05, 3.63) is 30.1 Å². The second kappa shape index (κ2) is 6.03. The minimum atomic E-state index is -0.388. The van der Waals surface area contributed by atoms with Gasteiger partial charge in [0.2, 0.25) is 5.88 Å². The van der Waals surface area contributed by atoms with Gasteiger partial charge in [0.1, 0.15) is 15.9 Å². The summed E-state index contributed by atoms with van der Waals surface area (Å²) >= 11 is 1.44. The van der Waals surface area contributed by atoms with Crippen LogP contribution in [-0.4, -0.2) is 48.3 Å². The molecule has 2 aromatic rings. The summed E-state index contributed by atoms with van der Waals surface area (Å²) in [7, 11) is 1.60. The van der Waals surface area contributed by atoms with E-state index in [1.807, 2.05) is 12.1 Å². The van der Waals surface area contributed by atoms with E-state index in [-0.39, 0.29) is 11.5 Å². The summed E-state index contributed by atoms with van der Waals surface area (Å²) in [5.74, 6) is 0.836. The molecule has 0 aliphatic carbocycles. The lowest BCUT2D eigenvalue weighted by Gasteiger charge is -2.45. The highest BCUT2D eigenvalue weighted by Gasteiger charge is 2.42. The van der Waals surface area contributed by atoms with E-state index in [1.54, 1.807) is 13.2 Å². The first-order valence-electron chi connectivity index (χ1n) is 7.80. The minimum Gasteiger partial charge on any atom is -0.659 e. The van der Waals surface area contributed by atoms with Crippen LogP contribution in [0.5, 0.6) is 5.88 Å². The molecule has 0 aromatic carbocycles. The van der Waals surface area contributed by atoms with E-state index in [0.29, 0.717) is 30.1 Å². The van der Waals surface area contributed by atoms with Gasteiger partial charge in [0.15, 0.2) is 5.13 Å². The largest absolute Gasteiger partial charge is 0.659 e. The normalized spacial score (nSPS) is 26.2. The van der Waals surface area contributed by atoms with Gasteiger partial charge in [-0.05, 0) is 6.07 Å². The molecule has 2 aromatic heterocycles. The first-order chi connectivity index (χ1) is 11.7. The number of fused-ring (bicyclic) bond motifs is 1. The highest BCUT2D eigenvalue weighted by atomic mass is 32.1. The Kier molecular flexibility index (Phi) is 3.85. The Morgan fingerprint density at radius 1 is 1.50 bits per heavy atom. The zero-order valence-electron chi connectivity index (χ0n) is 13.4. The highest BCUT2D eigenvalue weighted by molar-refractivity contribution is 7.21. The van der Waals surface area contributed by atoms with Gasteiger partial charge in [-0.15, -0.1) is 19.7 Å². The van der Waals surface area contributed by atoms with E-state index >= 15 is 0 Å². The monoisotopic (exact) mass is 344 g/mol. The number of aliphatic imine (C=N–C) groups is 1. The quantitative estimate of drug-likeness (QED) is 0.866. The number of pyridine rings is 1. The van der Waals surface area contributed by atoms with E-state index in [9.17, 15) is 0 Å². The molecule has 126 valence electrons. The third kappa shape index (κ3) is 2.61. The fourth-order valence-corrected chi connectivity index (χ4v) is 3.89. The summed E-state index contributed by atoms with van der Waals surface area (Å²) in [6, 6.07) is 4.17. The van der Waals surface area contributed by atoms with Gasteiger partial charge in [0.25, 0.3) is 6.02 Å². The molecule has 1 N–H and O–H groups in total. The standard InChI is InChI=1S/C16H18N5O2S/c1-3-10-6-7-17-8-16(10)9-18-14(23-16)21-15-19-11-4-5-12(22-2)20-13(11)24-15/h3-5,10H,1,6-9H2,2H3,(H,18,19,21)/q-1/t10-,16+/m0/s1. The molecule has 8 heteroatoms. The van der Waals surface area contributed by atoms with Gasteiger partial charge in [0, 0.05) is 12.0 Å². The molecule has 0 saturated carbocycles. The summed E-state index contributed by atoms with van der Waals surface area (Å²) < 4.78 is 11.3. The lowest BCUT2D eigenvalue weighted by atomic mass is 9.82. The van der Waals surface area contributed by atoms with Crippen LogP contribution in [-0.2, 0) is 4.74 Å². The van der Waals surface area contributed by atoms with E-state index < -0.39 is 0 Å². The van der Waals surface area contributed by atoms with E-state index in [2.05, 4.69) is 32.2 Å². The Morgan fingerprint density at radius 2 is 2.42 bits per heavy atom. The average Bonchev–Trinajstić information content (AvgIpc) is 3.19. The van der Waals surface area contributed by atoms with Crippen LogP contribution in [0.3, 0.4) is 0 Å². The molecule has 24 heavy (non-hydrogen) atoms. The number of amidine groups is 1. The summed E-state index contributed by atoms with van der Waals surface area (Å²) in [6.07, 6.45) is 2.91. The van der Waals surface area contributed by atoms with Gasteiger partial charge < -0.3 is 14.8 Å². The number of methoxy groups -OCH3 is 1. The zero-order valence-corrected chi connectivity index (χ0v) is 14.2. The van der Waals surface area contributed by atoms with Crippen molar-refractivity contribution in [3.63, 3.8) is 0 Å². The van der Waals surface area contributed by atoms with E-state index in [0.717, 1.165) is 23.3 Å². The molecular weight excluding hydrogens is 326 g/mol. The number of aromatic nitrogens is 2. The zero-order chi connectivity index (χ0) is 16.6. The maximum atomic E-state index is 6.13. The van der Waals surface area contributed by atoms with Crippen LogP contribution >= 0.6 is 11.3 Å². The van der Waals surface area contributed by atoms with Crippen molar-refractivity contribution < 1.29 is 9.47 Å². The molecule has 0 bridgehead atoms. The van der Waals surface area contributed by atoms with Gasteiger partial charge in [-0.25, -0.2) is 15.0 Å². The Morgan fingerprint density at radius 3 is 3.25 bits per heavy atom. The fraction of sp³-hybridized carbons (Fsp3) is 0.438. The van der Waals surface area contributed by atoms with Crippen molar-refractivity contribution in [2.24, 2.45) is 10.9 Å². The smallest absolute Gasteiger partial charge is 0.291 e. The summed E-state index contributed by atoms with van der Waals surface area (Å²) in [4.78, 5) is 14.2. The van der Waals surface area contributed by atoms with Gasteiger partial charge in [-0.2, -0.15) is 0 Å². The molecule has 4 heterocycles. The number of rotatable bonds is 3. The summed E-state index contributed by atoms with van der Waals surface area (Å²) in [6.45, 7) is 6.03. The number of anilines is 1. The number of ether oxygens (including phenoxy) is 2. The lowest BCUT2D eigenvalue weighted by Crippen LogP contribution is -2.47. The van der Waals surface area contributed by atoms with Crippen LogP contribution in [0, 0.1) is 5.92 Å². The van der Waals surface area contributed by atoms with Crippen LogP contribution < -0.4 is 10.1 Å². The molecule has 7 nitrogen and oxygen atoms in total. The number of piperidine rings is 1. The minimum absolute atomic E-state index is 0.263. The van der Waals surface area contributed by atoms with E-state index in [4.69, 9.17) is 9.47 Å². The molecule has 2 aliphatic heterocycles. The molecule has 1 fully saturated rings. The Labute approximate surface area is 143 Å². The Bertz CT molecular complexity index is 805. The van der Waals surface area contributed by atoms with Crippen molar-refractivity contribution in [2.75, 3.05) is 32.1 Å². The molecule has 1 saturated heterocycles. The van der Waals surface area contributed by atoms with Crippen LogP contribution in [0.4, 0.5) is 5.13 Å². The molecule has 2 aliphatic rings. The predicted molar refractivity (Wildman–Crippen MR) is 95.1 cm³/mol. The van der Waals surface area contributed by atoms with Crippen LogP contribution in [0.25, 0.3) is 15.7 Å². The number of thiazole rings is 1. The first kappa shape index (κ1) is 15.3. The van der Waals surface area contributed by atoms with Gasteiger partial charge in [0.05, 0.1) is 13.7 Å². The third-order valence-corrected chi connectivity index (χ3v) is 5.26. The number of nitrogens with zero attached hydrogens (tertiary/aromatic N) is 4. The fourth-order valence-electron chi connectivity index (χ4n) is 3.07. The van der Waals surface area contributed by atoms with Gasteiger partial charge >= 0.3 is 0 Å². The molecule has 2 atom stereocenters. The predicted octanol–water partition coefficient (Wildman–Crippen LogP) is 2.82. The number of hydrogen-bond acceptors (Lipinski definition) is 7. The Balaban J connectivity index is 1.51. The molecule has 0 radical (unpaired) electrons. The van der Waals surface area contributed by atoms with Gasteiger partial charge in [-0.1, -0.05) is 23.8 Å². The third-order valence-electron chi connectivity index (χ3n) is 4.38. The summed E-state index contributed by atoms with van der Waals surface area (Å²) in [5, 5.41) is 8.36. The van der Waals surface area contributed by atoms with E-state index in [1.165, 1.54) is 11.3 Å². The molecule has 0 amide bonds. The van der Waals surface area contributed by atoms with Crippen LogP contribution in [0.2, 0.25) is 0 Å². The molecule has 0 unspecified atom stereocenters. The van der Waals surface area contributed by atoms with Gasteiger partial charge in [-0.3, -0.25) is 5.32 Å². The second-order valence-corrected chi connectivity index (χ2v) is 6.82. The SMILES string of the molecule is C=C[C@H]1CC[N-]C[C@@]12CN=C(Nc1nc3ccc(OC)nc3s1)O2. The van der Waals surface area contributed by atoms with Crippen molar-refractivity contribution in [1.82, 2.24) is 9.97 Å². The number of nitrogens with one attached hydrogen (secondary N) is 1. The molecule has 1 spiro atoms. The second-order valence-electron chi connectivity index (χ2n) is 5.85. The van der Waals surface area contributed by atoms with Crippen LogP contribution in [0.15, 0.2) is 29.8 Å². The van der Waals surface area contributed by atoms with Crippen LogP contribution in [0.1, 0.15) is 6.42 Å². The van der Waals surface area contributed by atoms with Crippen molar-refractivity contribution >= 4 is 32.8 Å². The average molecular weight is 344 g/mol. The molecular formula is C16H18N5O2S-. The highest BCUT2D eigenvalue weighted by Crippen LogP contribution is 2.37. The maximum Gasteiger partial charge on any atom is 0.291 e. The first-order valence-corrected chi connectivity index (χ1v) is 8.62.